The number of rotatable bonds is 3. The van der Waals surface area contributed by atoms with E-state index >= 15 is 0 Å². The van der Waals surface area contributed by atoms with Crippen LogP contribution in [-0.4, -0.2) is 65.4 Å². The molecule has 4 rings (SSSR count). The maximum atomic E-state index is 13.2. The largest absolute Gasteiger partial charge is 0.416 e. The highest BCUT2D eigenvalue weighted by Gasteiger charge is 2.37. The third-order valence-corrected chi connectivity index (χ3v) is 5.92. The summed E-state index contributed by atoms with van der Waals surface area (Å²) in [4.78, 5) is 21.0. The highest BCUT2D eigenvalue weighted by molar-refractivity contribution is 5.75. The lowest BCUT2D eigenvalue weighted by molar-refractivity contribution is -0.137. The lowest BCUT2D eigenvalue weighted by Crippen LogP contribution is -2.52. The SMILES string of the molecule is C[C@H](N)c1nc(C2CC(c3ccc(C(F)(F)F)cc3)CN(C(=O)N3CCOCC3)C2)no1. The van der Waals surface area contributed by atoms with Crippen LogP contribution < -0.4 is 5.73 Å². The summed E-state index contributed by atoms with van der Waals surface area (Å²) in [7, 11) is 0. The zero-order valence-electron chi connectivity index (χ0n) is 17.7. The molecule has 2 N–H and O–H groups in total. The Bertz CT molecular complexity index is 926. The number of ether oxygens (including phenoxy) is 1. The average Bonchev–Trinajstić information content (AvgIpc) is 3.29. The van der Waals surface area contributed by atoms with Crippen molar-refractivity contribution < 1.29 is 27.2 Å². The smallest absolute Gasteiger partial charge is 0.378 e. The molecule has 174 valence electrons. The Hall–Kier alpha value is -2.66. The first-order chi connectivity index (χ1) is 15.2. The van der Waals surface area contributed by atoms with Crippen LogP contribution in [0.4, 0.5) is 18.0 Å². The molecular formula is C21H26F3N5O3. The van der Waals surface area contributed by atoms with Crippen molar-refractivity contribution in [3.8, 4) is 0 Å². The summed E-state index contributed by atoms with van der Waals surface area (Å²) in [5, 5.41) is 4.06. The molecule has 11 heteroatoms. The molecule has 32 heavy (non-hydrogen) atoms. The van der Waals surface area contributed by atoms with Crippen LogP contribution >= 0.6 is 0 Å². The van der Waals surface area contributed by atoms with Crippen molar-refractivity contribution in [3.05, 3.63) is 47.1 Å². The summed E-state index contributed by atoms with van der Waals surface area (Å²) in [5.74, 6) is 0.368. The van der Waals surface area contributed by atoms with Gasteiger partial charge in [0.1, 0.15) is 0 Å². The standard InChI is InChI=1S/C21H26F3N5O3/c1-13(25)19-26-18(27-32-19)16-10-15(14-2-4-17(5-3-14)21(22,23)24)11-29(12-16)20(30)28-6-8-31-9-7-28/h2-5,13,15-16H,6-12,25H2,1H3/t13-,15?,16?/m0/s1. The topological polar surface area (TPSA) is 97.7 Å². The Morgan fingerprint density at radius 1 is 1.12 bits per heavy atom. The minimum absolute atomic E-state index is 0.120. The summed E-state index contributed by atoms with van der Waals surface area (Å²) in [6, 6.07) is 4.58. The van der Waals surface area contributed by atoms with Crippen LogP contribution in [0.2, 0.25) is 0 Å². The molecule has 0 aliphatic carbocycles. The van der Waals surface area contributed by atoms with E-state index in [1.807, 2.05) is 0 Å². The van der Waals surface area contributed by atoms with Crippen LogP contribution in [0, 0.1) is 0 Å². The third-order valence-electron chi connectivity index (χ3n) is 5.92. The van der Waals surface area contributed by atoms with Gasteiger partial charge < -0.3 is 24.8 Å². The first-order valence-corrected chi connectivity index (χ1v) is 10.6. The molecule has 0 radical (unpaired) electrons. The van der Waals surface area contributed by atoms with Gasteiger partial charge in [-0.3, -0.25) is 0 Å². The fourth-order valence-corrected chi connectivity index (χ4v) is 4.18. The molecule has 2 aliphatic rings. The molecule has 0 saturated carbocycles. The summed E-state index contributed by atoms with van der Waals surface area (Å²) >= 11 is 0. The van der Waals surface area contributed by atoms with Crippen LogP contribution in [0.15, 0.2) is 28.8 Å². The van der Waals surface area contributed by atoms with Crippen LogP contribution in [0.5, 0.6) is 0 Å². The van der Waals surface area contributed by atoms with Gasteiger partial charge in [0.2, 0.25) is 5.89 Å². The van der Waals surface area contributed by atoms with Gasteiger partial charge in [-0.15, -0.1) is 0 Å². The lowest BCUT2D eigenvalue weighted by atomic mass is 9.84. The van der Waals surface area contributed by atoms with E-state index < -0.39 is 17.8 Å². The van der Waals surface area contributed by atoms with Gasteiger partial charge in [-0.25, -0.2) is 4.79 Å². The third kappa shape index (κ3) is 4.88. The normalized spacial score (nSPS) is 23.3. The number of hydrogen-bond acceptors (Lipinski definition) is 6. The number of carbonyl (C=O) groups is 1. The van der Waals surface area contributed by atoms with E-state index in [4.69, 9.17) is 15.0 Å². The van der Waals surface area contributed by atoms with Crippen molar-refractivity contribution in [2.75, 3.05) is 39.4 Å². The highest BCUT2D eigenvalue weighted by atomic mass is 19.4. The number of amides is 2. The number of alkyl halides is 3. The number of hydrogen-bond donors (Lipinski definition) is 1. The summed E-state index contributed by atoms with van der Waals surface area (Å²) in [6.07, 6.45) is -3.82. The summed E-state index contributed by atoms with van der Waals surface area (Å²) < 4.78 is 49.5. The fourth-order valence-electron chi connectivity index (χ4n) is 4.18. The number of carbonyl (C=O) groups excluding carboxylic acids is 1. The van der Waals surface area contributed by atoms with E-state index in [1.54, 1.807) is 16.7 Å². The van der Waals surface area contributed by atoms with Crippen LogP contribution in [0.25, 0.3) is 0 Å². The molecule has 2 unspecified atom stereocenters. The number of urea groups is 1. The number of piperidine rings is 1. The van der Waals surface area contributed by atoms with E-state index in [0.717, 1.165) is 17.7 Å². The quantitative estimate of drug-likeness (QED) is 0.767. The Morgan fingerprint density at radius 3 is 2.38 bits per heavy atom. The van der Waals surface area contributed by atoms with E-state index in [9.17, 15) is 18.0 Å². The first-order valence-electron chi connectivity index (χ1n) is 10.6. The average molecular weight is 453 g/mol. The van der Waals surface area contributed by atoms with E-state index in [0.29, 0.717) is 57.5 Å². The molecule has 3 atom stereocenters. The number of halogens is 3. The molecular weight excluding hydrogens is 427 g/mol. The van der Waals surface area contributed by atoms with Gasteiger partial charge in [-0.05, 0) is 31.0 Å². The second-order valence-corrected chi connectivity index (χ2v) is 8.32. The van der Waals surface area contributed by atoms with Gasteiger partial charge in [-0.2, -0.15) is 18.2 Å². The van der Waals surface area contributed by atoms with E-state index in [-0.39, 0.29) is 17.9 Å². The van der Waals surface area contributed by atoms with Crippen LogP contribution in [-0.2, 0) is 10.9 Å². The minimum Gasteiger partial charge on any atom is -0.378 e. The molecule has 2 amide bonds. The van der Waals surface area contributed by atoms with Gasteiger partial charge in [0, 0.05) is 38.0 Å². The van der Waals surface area contributed by atoms with Crippen molar-refractivity contribution in [1.29, 1.82) is 0 Å². The van der Waals surface area contributed by atoms with Crippen molar-refractivity contribution in [1.82, 2.24) is 19.9 Å². The summed E-state index contributed by atoms with van der Waals surface area (Å²) in [6.45, 7) is 4.49. The molecule has 2 fully saturated rings. The highest BCUT2D eigenvalue weighted by Crippen LogP contribution is 2.37. The van der Waals surface area contributed by atoms with Crippen molar-refractivity contribution in [2.45, 2.75) is 37.4 Å². The van der Waals surface area contributed by atoms with Crippen LogP contribution in [0.1, 0.15) is 54.1 Å². The zero-order valence-corrected chi connectivity index (χ0v) is 17.7. The van der Waals surface area contributed by atoms with Gasteiger partial charge in [-0.1, -0.05) is 17.3 Å². The Kier molecular flexibility index (Phi) is 6.38. The monoisotopic (exact) mass is 453 g/mol. The van der Waals surface area contributed by atoms with Gasteiger partial charge in [0.25, 0.3) is 0 Å². The molecule has 8 nitrogen and oxygen atoms in total. The number of likely N-dealkylation sites (tertiary alicyclic amines) is 1. The van der Waals surface area contributed by atoms with E-state index in [2.05, 4.69) is 10.1 Å². The van der Waals surface area contributed by atoms with Crippen molar-refractivity contribution in [2.24, 2.45) is 5.73 Å². The maximum Gasteiger partial charge on any atom is 0.416 e. The molecule has 2 aliphatic heterocycles. The predicted octanol–water partition coefficient (Wildman–Crippen LogP) is 3.13. The number of morpholine rings is 1. The second-order valence-electron chi connectivity index (χ2n) is 8.32. The fraction of sp³-hybridized carbons (Fsp3) is 0.571. The van der Waals surface area contributed by atoms with Crippen molar-refractivity contribution >= 4 is 6.03 Å². The molecule has 0 bridgehead atoms. The number of aromatic nitrogens is 2. The minimum atomic E-state index is -4.40. The number of nitrogens with two attached hydrogens (primary N) is 1. The Labute approximate surface area is 183 Å². The predicted molar refractivity (Wildman–Crippen MR) is 108 cm³/mol. The molecule has 3 heterocycles. The first kappa shape index (κ1) is 22.5. The van der Waals surface area contributed by atoms with Gasteiger partial charge in [0.05, 0.1) is 24.8 Å². The second kappa shape index (κ2) is 9.07. The zero-order chi connectivity index (χ0) is 22.9. The Morgan fingerprint density at radius 2 is 1.78 bits per heavy atom. The molecule has 2 aromatic rings. The lowest BCUT2D eigenvalue weighted by Gasteiger charge is -2.40. The Balaban J connectivity index is 1.59. The van der Waals surface area contributed by atoms with Crippen LogP contribution in [0.3, 0.4) is 0 Å². The van der Waals surface area contributed by atoms with Gasteiger partial charge >= 0.3 is 12.2 Å². The van der Waals surface area contributed by atoms with Gasteiger partial charge in [0.15, 0.2) is 5.82 Å². The van der Waals surface area contributed by atoms with Crippen molar-refractivity contribution in [3.63, 3.8) is 0 Å². The molecule has 1 aromatic carbocycles. The summed E-state index contributed by atoms with van der Waals surface area (Å²) in [5.41, 5.74) is 5.86. The molecule has 1 aromatic heterocycles. The number of benzene rings is 1. The van der Waals surface area contributed by atoms with E-state index in [1.165, 1.54) is 12.1 Å². The molecule has 2 saturated heterocycles. The number of nitrogens with zero attached hydrogens (tertiary/aromatic N) is 4. The maximum absolute atomic E-state index is 13.2. The molecule has 0 spiro atoms.